The van der Waals surface area contributed by atoms with Crippen molar-refractivity contribution in [2.24, 2.45) is 5.41 Å². The van der Waals surface area contributed by atoms with Crippen LogP contribution < -0.4 is 15.4 Å². The maximum atomic E-state index is 13.0. The molecule has 2 aromatic carbocycles. The molecule has 2 aromatic heterocycles. The average molecular weight is 560 g/mol. The molecular weight excluding hydrogens is 535 g/mol. The van der Waals surface area contributed by atoms with E-state index in [-0.39, 0.29) is 34.8 Å². The first kappa shape index (κ1) is 27.9. The monoisotopic (exact) mass is 559 g/mol. The Morgan fingerprint density at radius 3 is 2.54 bits per heavy atom. The molecule has 0 saturated heterocycles. The van der Waals surface area contributed by atoms with Crippen LogP contribution in [0.4, 0.5) is 24.7 Å². The van der Waals surface area contributed by atoms with Crippen LogP contribution in [0.3, 0.4) is 0 Å². The van der Waals surface area contributed by atoms with Crippen LogP contribution in [-0.4, -0.2) is 32.8 Å². The highest BCUT2D eigenvalue weighted by atomic mass is 35.5. The lowest BCUT2D eigenvalue weighted by atomic mass is 9.88. The number of hydrogen-bond donors (Lipinski definition) is 2. The van der Waals surface area contributed by atoms with Gasteiger partial charge < -0.3 is 19.9 Å². The van der Waals surface area contributed by atoms with E-state index in [1.807, 2.05) is 16.8 Å². The number of ether oxygens (including phenoxy) is 1. The molecule has 4 rings (SSSR count). The van der Waals surface area contributed by atoms with Gasteiger partial charge in [0, 0.05) is 25.0 Å². The normalized spacial score (nSPS) is 11.9. The molecule has 8 nitrogen and oxygen atoms in total. The number of nitrogens with zero attached hydrogens (tertiary/aromatic N) is 3. The van der Waals surface area contributed by atoms with Gasteiger partial charge in [-0.3, -0.25) is 9.59 Å². The van der Waals surface area contributed by atoms with Crippen LogP contribution in [0.2, 0.25) is 5.02 Å². The second kappa shape index (κ2) is 10.9. The van der Waals surface area contributed by atoms with E-state index in [9.17, 15) is 22.8 Å². The minimum absolute atomic E-state index is 0.00144. The minimum atomic E-state index is -4.49. The molecule has 12 heteroatoms. The number of carbonyl (C=O) groups is 2. The van der Waals surface area contributed by atoms with E-state index in [2.05, 4.69) is 20.6 Å². The summed E-state index contributed by atoms with van der Waals surface area (Å²) in [4.78, 5) is 32.7. The summed E-state index contributed by atoms with van der Waals surface area (Å²) >= 11 is 6.37. The maximum Gasteiger partial charge on any atom is 0.416 e. The molecule has 0 unspecified atom stereocenters. The Hall–Kier alpha value is -4.12. The summed E-state index contributed by atoms with van der Waals surface area (Å²) < 4.78 is 46.5. The van der Waals surface area contributed by atoms with Crippen molar-refractivity contribution in [3.63, 3.8) is 0 Å². The third-order valence-corrected chi connectivity index (χ3v) is 6.52. The molecule has 2 heterocycles. The predicted octanol–water partition coefficient (Wildman–Crippen LogP) is 6.37. The van der Waals surface area contributed by atoms with Gasteiger partial charge >= 0.3 is 6.18 Å². The van der Waals surface area contributed by atoms with Crippen LogP contribution in [0.1, 0.15) is 26.3 Å². The number of aromatic nitrogens is 3. The van der Waals surface area contributed by atoms with Gasteiger partial charge in [-0.05, 0) is 63.2 Å². The Morgan fingerprint density at radius 2 is 1.85 bits per heavy atom. The zero-order valence-electron chi connectivity index (χ0n) is 21.3. The predicted molar refractivity (Wildman–Crippen MR) is 141 cm³/mol. The third-order valence-electron chi connectivity index (χ3n) is 6.22. The highest BCUT2D eigenvalue weighted by molar-refractivity contribution is 6.32. The lowest BCUT2D eigenvalue weighted by Gasteiger charge is -2.20. The Kier molecular flexibility index (Phi) is 7.82. The molecule has 0 fully saturated rings. The van der Waals surface area contributed by atoms with Crippen molar-refractivity contribution >= 4 is 45.8 Å². The number of fused-ring (bicyclic) bond motifs is 1. The molecule has 2 N–H and O–H groups in total. The summed E-state index contributed by atoms with van der Waals surface area (Å²) in [5.41, 5.74) is -0.0466. The van der Waals surface area contributed by atoms with Crippen LogP contribution in [0.5, 0.6) is 11.5 Å². The molecular formula is C27H25ClF3N5O3. The molecule has 0 spiro atoms. The SMILES string of the molecule is CC(=O)C(C)(C)C(=O)NCCn1ccc2ncnc(Nc3ccc(Oc4cccc(C(F)(F)F)c4)c(Cl)c3)c21. The Bertz CT molecular complexity index is 1530. The van der Waals surface area contributed by atoms with E-state index in [1.165, 1.54) is 31.5 Å². The van der Waals surface area contributed by atoms with Gasteiger partial charge in [0.1, 0.15) is 34.5 Å². The number of amides is 1. The minimum Gasteiger partial charge on any atom is -0.456 e. The van der Waals surface area contributed by atoms with Crippen LogP contribution in [0.15, 0.2) is 61.1 Å². The van der Waals surface area contributed by atoms with Gasteiger partial charge in [-0.1, -0.05) is 17.7 Å². The fourth-order valence-electron chi connectivity index (χ4n) is 3.64. The quantitative estimate of drug-likeness (QED) is 0.231. The average Bonchev–Trinajstić information content (AvgIpc) is 3.29. The maximum absolute atomic E-state index is 13.0. The summed E-state index contributed by atoms with van der Waals surface area (Å²) in [7, 11) is 0. The Morgan fingerprint density at radius 1 is 1.08 bits per heavy atom. The standard InChI is InChI=1S/C27H25ClF3N5O3/c1-16(37)26(2,3)25(38)32-10-12-36-11-9-21-23(36)24(34-15-33-21)35-18-7-8-22(20(28)14-18)39-19-6-4-5-17(13-19)27(29,30)31/h4-9,11,13-15H,10,12H2,1-3H3,(H,32,38)(H,33,34,35). The Labute approximate surface area is 227 Å². The van der Waals surface area contributed by atoms with Crippen molar-refractivity contribution in [3.05, 3.63) is 71.6 Å². The van der Waals surface area contributed by atoms with Crippen molar-refractivity contribution in [2.75, 3.05) is 11.9 Å². The molecule has 0 aliphatic rings. The van der Waals surface area contributed by atoms with Gasteiger partial charge in [-0.2, -0.15) is 13.2 Å². The first-order chi connectivity index (χ1) is 18.4. The van der Waals surface area contributed by atoms with Crippen molar-refractivity contribution in [1.29, 1.82) is 0 Å². The van der Waals surface area contributed by atoms with Crippen molar-refractivity contribution in [1.82, 2.24) is 19.9 Å². The number of carbonyl (C=O) groups excluding carboxylic acids is 2. The number of ketones is 1. The van der Waals surface area contributed by atoms with E-state index in [1.54, 1.807) is 26.0 Å². The van der Waals surface area contributed by atoms with Crippen molar-refractivity contribution in [2.45, 2.75) is 33.5 Å². The summed E-state index contributed by atoms with van der Waals surface area (Å²) in [6, 6.07) is 11.1. The van der Waals surface area contributed by atoms with E-state index in [0.29, 0.717) is 29.1 Å². The highest BCUT2D eigenvalue weighted by Crippen LogP contribution is 2.36. The number of alkyl halides is 3. The molecule has 0 atom stereocenters. The number of Topliss-reactive ketones (excluding diaryl/α,β-unsaturated/α-hetero) is 1. The number of benzene rings is 2. The third kappa shape index (κ3) is 6.31. The molecule has 0 saturated carbocycles. The fourth-order valence-corrected chi connectivity index (χ4v) is 3.86. The molecule has 0 aliphatic carbocycles. The van der Waals surface area contributed by atoms with Crippen molar-refractivity contribution in [3.8, 4) is 11.5 Å². The van der Waals surface area contributed by atoms with Crippen LogP contribution in [0, 0.1) is 5.41 Å². The smallest absolute Gasteiger partial charge is 0.416 e. The van der Waals surface area contributed by atoms with Crippen LogP contribution in [-0.2, 0) is 22.3 Å². The molecule has 0 aliphatic heterocycles. The lowest BCUT2D eigenvalue weighted by molar-refractivity contribution is -0.139. The van der Waals surface area contributed by atoms with Gasteiger partial charge in [-0.15, -0.1) is 0 Å². The zero-order chi connectivity index (χ0) is 28.4. The first-order valence-corrected chi connectivity index (χ1v) is 12.2. The van der Waals surface area contributed by atoms with Crippen LogP contribution >= 0.6 is 11.6 Å². The largest absolute Gasteiger partial charge is 0.456 e. The molecule has 204 valence electrons. The molecule has 0 bridgehead atoms. The summed E-state index contributed by atoms with van der Waals surface area (Å²) in [6.07, 6.45) is -1.28. The number of hydrogen-bond acceptors (Lipinski definition) is 6. The van der Waals surface area contributed by atoms with Gasteiger partial charge in [0.25, 0.3) is 0 Å². The summed E-state index contributed by atoms with van der Waals surface area (Å²) in [5, 5.41) is 6.14. The second-order valence-electron chi connectivity index (χ2n) is 9.30. The highest BCUT2D eigenvalue weighted by Gasteiger charge is 2.32. The first-order valence-electron chi connectivity index (χ1n) is 11.9. The van der Waals surface area contributed by atoms with E-state index >= 15 is 0 Å². The van der Waals surface area contributed by atoms with Gasteiger partial charge in [-0.25, -0.2) is 9.97 Å². The van der Waals surface area contributed by atoms with Crippen LogP contribution in [0.25, 0.3) is 11.0 Å². The Balaban J connectivity index is 1.49. The van der Waals surface area contributed by atoms with E-state index in [4.69, 9.17) is 16.3 Å². The topological polar surface area (TPSA) is 98.1 Å². The second-order valence-corrected chi connectivity index (χ2v) is 9.71. The lowest BCUT2D eigenvalue weighted by Crippen LogP contribution is -2.42. The van der Waals surface area contributed by atoms with E-state index in [0.717, 1.165) is 12.1 Å². The van der Waals surface area contributed by atoms with Crippen molar-refractivity contribution < 1.29 is 27.5 Å². The fraction of sp³-hybridized carbons (Fsp3) is 0.259. The summed E-state index contributed by atoms with van der Waals surface area (Å²) in [6.45, 7) is 5.21. The number of halogens is 4. The molecule has 0 radical (unpaired) electrons. The number of anilines is 2. The van der Waals surface area contributed by atoms with Gasteiger partial charge in [0.05, 0.1) is 16.1 Å². The number of rotatable bonds is 9. The molecule has 1 amide bonds. The van der Waals surface area contributed by atoms with E-state index < -0.39 is 17.2 Å². The summed E-state index contributed by atoms with van der Waals surface area (Å²) in [5.74, 6) is 0.0749. The molecule has 4 aromatic rings. The number of nitrogens with one attached hydrogen (secondary N) is 2. The van der Waals surface area contributed by atoms with Gasteiger partial charge in [0.2, 0.25) is 5.91 Å². The zero-order valence-corrected chi connectivity index (χ0v) is 22.0. The van der Waals surface area contributed by atoms with Gasteiger partial charge in [0.15, 0.2) is 5.82 Å². The molecule has 39 heavy (non-hydrogen) atoms.